The molecule has 7 heteroatoms. The quantitative estimate of drug-likeness (QED) is 0.534. The molecule has 0 spiro atoms. The lowest BCUT2D eigenvalue weighted by molar-refractivity contribution is -0.150. The lowest BCUT2D eigenvalue weighted by Gasteiger charge is -2.13. The zero-order valence-electron chi connectivity index (χ0n) is 14.8. The van der Waals surface area contributed by atoms with Crippen LogP contribution >= 0.6 is 0 Å². The Balaban J connectivity index is 2.24. The van der Waals surface area contributed by atoms with E-state index in [0.29, 0.717) is 34.6 Å². The average Bonchev–Trinajstić information content (AvgIpc) is 2.90. The summed E-state index contributed by atoms with van der Waals surface area (Å²) < 4.78 is 26.1. The summed E-state index contributed by atoms with van der Waals surface area (Å²) in [5.74, 6) is -0.0677. The van der Waals surface area contributed by atoms with Crippen LogP contribution in [0.4, 0.5) is 0 Å². The van der Waals surface area contributed by atoms with Crippen LogP contribution in [0, 0.1) is 6.92 Å². The van der Waals surface area contributed by atoms with E-state index >= 15 is 0 Å². The van der Waals surface area contributed by atoms with Gasteiger partial charge in [0.25, 0.3) is 0 Å². The van der Waals surface area contributed by atoms with E-state index in [1.807, 2.05) is 0 Å². The summed E-state index contributed by atoms with van der Waals surface area (Å²) in [6.45, 7) is 5.76. The van der Waals surface area contributed by atoms with Crippen LogP contribution in [0.5, 0.6) is 5.75 Å². The number of fused-ring (bicyclic) bond motifs is 1. The minimum Gasteiger partial charge on any atom is -0.479 e. The third kappa shape index (κ3) is 4.51. The standard InChI is InChI=1S/C18H22O7/c1-5-22-17(19)12(3)24-13-6-7-15-14(10-13)16(11(2)25-15)18(20)23-9-8-21-4/h6-7,10,12H,5,8-9H2,1-4H3/t12-/m0/s1. The largest absolute Gasteiger partial charge is 0.479 e. The number of carbonyl (C=O) groups is 2. The van der Waals surface area contributed by atoms with Crippen LogP contribution in [0.15, 0.2) is 22.6 Å². The van der Waals surface area contributed by atoms with Crippen molar-refractivity contribution < 1.29 is 33.0 Å². The SMILES string of the molecule is CCOC(=O)[C@H](C)Oc1ccc2oc(C)c(C(=O)OCCOC)c2c1. The summed E-state index contributed by atoms with van der Waals surface area (Å²) in [5.41, 5.74) is 0.868. The number of carbonyl (C=O) groups excluding carboxylic acids is 2. The van der Waals surface area contributed by atoms with Crippen LogP contribution in [0.2, 0.25) is 0 Å². The van der Waals surface area contributed by atoms with E-state index in [-0.39, 0.29) is 13.2 Å². The predicted molar refractivity (Wildman–Crippen MR) is 89.8 cm³/mol. The zero-order chi connectivity index (χ0) is 18.4. The van der Waals surface area contributed by atoms with Crippen LogP contribution in [-0.4, -0.2) is 45.0 Å². The third-order valence-electron chi connectivity index (χ3n) is 3.49. The minimum atomic E-state index is -0.762. The van der Waals surface area contributed by atoms with Crippen LogP contribution in [0.3, 0.4) is 0 Å². The molecule has 25 heavy (non-hydrogen) atoms. The van der Waals surface area contributed by atoms with Gasteiger partial charge in [-0.1, -0.05) is 0 Å². The lowest BCUT2D eigenvalue weighted by Crippen LogP contribution is -2.26. The normalized spacial score (nSPS) is 12.0. The van der Waals surface area contributed by atoms with Gasteiger partial charge in [-0.15, -0.1) is 0 Å². The highest BCUT2D eigenvalue weighted by Gasteiger charge is 2.21. The Kier molecular flexibility index (Phi) is 6.41. The maximum absolute atomic E-state index is 12.3. The molecule has 0 bridgehead atoms. The second-order valence-electron chi connectivity index (χ2n) is 5.33. The van der Waals surface area contributed by atoms with Crippen molar-refractivity contribution in [3.63, 3.8) is 0 Å². The number of hydrogen-bond donors (Lipinski definition) is 0. The molecule has 0 aliphatic carbocycles. The van der Waals surface area contributed by atoms with Crippen molar-refractivity contribution in [3.8, 4) is 5.75 Å². The Morgan fingerprint density at radius 2 is 1.96 bits per heavy atom. The Hall–Kier alpha value is -2.54. The van der Waals surface area contributed by atoms with Gasteiger partial charge in [0.15, 0.2) is 6.10 Å². The van der Waals surface area contributed by atoms with Crippen molar-refractivity contribution in [3.05, 3.63) is 29.5 Å². The van der Waals surface area contributed by atoms with E-state index < -0.39 is 18.0 Å². The summed E-state index contributed by atoms with van der Waals surface area (Å²) in [4.78, 5) is 24.0. The van der Waals surface area contributed by atoms with Crippen molar-refractivity contribution in [2.24, 2.45) is 0 Å². The van der Waals surface area contributed by atoms with E-state index in [1.165, 1.54) is 7.11 Å². The summed E-state index contributed by atoms with van der Waals surface area (Å²) in [7, 11) is 1.53. The molecule has 0 fully saturated rings. The van der Waals surface area contributed by atoms with Gasteiger partial charge in [-0.3, -0.25) is 0 Å². The highest BCUT2D eigenvalue weighted by molar-refractivity contribution is 6.04. The first-order valence-corrected chi connectivity index (χ1v) is 8.00. The topological polar surface area (TPSA) is 84.2 Å². The number of aryl methyl sites for hydroxylation is 1. The molecule has 0 amide bonds. The van der Waals surface area contributed by atoms with E-state index in [9.17, 15) is 9.59 Å². The number of esters is 2. The van der Waals surface area contributed by atoms with Crippen molar-refractivity contribution in [1.29, 1.82) is 0 Å². The number of benzene rings is 1. The van der Waals surface area contributed by atoms with E-state index in [0.717, 1.165) is 0 Å². The van der Waals surface area contributed by atoms with Crippen LogP contribution in [0.1, 0.15) is 30.0 Å². The molecule has 0 unspecified atom stereocenters. The highest BCUT2D eigenvalue weighted by atomic mass is 16.6. The number of hydrogen-bond acceptors (Lipinski definition) is 7. The maximum Gasteiger partial charge on any atom is 0.347 e. The predicted octanol–water partition coefficient (Wildman–Crippen LogP) is 2.87. The Morgan fingerprint density at radius 3 is 2.64 bits per heavy atom. The van der Waals surface area contributed by atoms with Gasteiger partial charge in [-0.25, -0.2) is 9.59 Å². The number of methoxy groups -OCH3 is 1. The zero-order valence-corrected chi connectivity index (χ0v) is 14.8. The molecule has 0 radical (unpaired) electrons. The molecular weight excluding hydrogens is 328 g/mol. The van der Waals surface area contributed by atoms with Gasteiger partial charge in [0.2, 0.25) is 0 Å². The van der Waals surface area contributed by atoms with Gasteiger partial charge in [-0.2, -0.15) is 0 Å². The Bertz CT molecular complexity index is 747. The van der Waals surface area contributed by atoms with Gasteiger partial charge in [0.05, 0.1) is 13.2 Å². The molecule has 0 saturated carbocycles. The Morgan fingerprint density at radius 1 is 1.20 bits per heavy atom. The lowest BCUT2D eigenvalue weighted by atomic mass is 10.1. The van der Waals surface area contributed by atoms with Crippen LogP contribution in [-0.2, 0) is 19.0 Å². The van der Waals surface area contributed by atoms with Gasteiger partial charge in [0.1, 0.15) is 29.3 Å². The molecule has 1 aromatic carbocycles. The molecule has 136 valence electrons. The molecule has 1 aromatic heterocycles. The fraction of sp³-hybridized carbons (Fsp3) is 0.444. The molecule has 0 N–H and O–H groups in total. The van der Waals surface area contributed by atoms with Gasteiger partial charge >= 0.3 is 11.9 Å². The molecule has 2 aromatic rings. The van der Waals surface area contributed by atoms with Crippen molar-refractivity contribution in [2.45, 2.75) is 26.9 Å². The molecule has 0 aliphatic rings. The van der Waals surface area contributed by atoms with E-state index in [4.69, 9.17) is 23.4 Å². The first-order valence-electron chi connectivity index (χ1n) is 8.00. The summed E-state index contributed by atoms with van der Waals surface area (Å²) >= 11 is 0. The average molecular weight is 350 g/mol. The first kappa shape index (κ1) is 18.8. The molecule has 1 atom stereocenters. The summed E-state index contributed by atoms with van der Waals surface area (Å²) in [5, 5.41) is 0.563. The van der Waals surface area contributed by atoms with Crippen LogP contribution in [0.25, 0.3) is 11.0 Å². The number of rotatable bonds is 8. The molecule has 0 aliphatic heterocycles. The molecule has 0 saturated heterocycles. The maximum atomic E-state index is 12.3. The van der Waals surface area contributed by atoms with Gasteiger partial charge in [-0.05, 0) is 39.0 Å². The molecule has 2 rings (SSSR count). The van der Waals surface area contributed by atoms with Gasteiger partial charge in [0, 0.05) is 12.5 Å². The molecular formula is C18H22O7. The fourth-order valence-corrected chi connectivity index (χ4v) is 2.33. The summed E-state index contributed by atoms with van der Waals surface area (Å²) in [6.07, 6.45) is -0.762. The fourth-order valence-electron chi connectivity index (χ4n) is 2.33. The van der Waals surface area contributed by atoms with Crippen molar-refractivity contribution >= 4 is 22.9 Å². The second kappa shape index (κ2) is 8.53. The first-order chi connectivity index (χ1) is 12.0. The number of furan rings is 1. The monoisotopic (exact) mass is 350 g/mol. The van der Waals surface area contributed by atoms with Crippen molar-refractivity contribution in [2.75, 3.05) is 26.9 Å². The second-order valence-corrected chi connectivity index (χ2v) is 5.33. The van der Waals surface area contributed by atoms with Crippen LogP contribution < -0.4 is 4.74 Å². The van der Waals surface area contributed by atoms with Gasteiger partial charge < -0.3 is 23.4 Å². The smallest absolute Gasteiger partial charge is 0.347 e. The van der Waals surface area contributed by atoms with E-state index in [1.54, 1.807) is 39.0 Å². The molecule has 7 nitrogen and oxygen atoms in total. The molecule has 1 heterocycles. The Labute approximate surface area is 145 Å². The number of ether oxygens (including phenoxy) is 4. The highest BCUT2D eigenvalue weighted by Crippen LogP contribution is 2.30. The minimum absolute atomic E-state index is 0.150. The third-order valence-corrected chi connectivity index (χ3v) is 3.49. The van der Waals surface area contributed by atoms with E-state index in [2.05, 4.69) is 0 Å². The van der Waals surface area contributed by atoms with Crippen molar-refractivity contribution in [1.82, 2.24) is 0 Å². The summed E-state index contributed by atoms with van der Waals surface area (Å²) in [6, 6.07) is 5.00.